The minimum absolute atomic E-state index is 0.260. The van der Waals surface area contributed by atoms with Crippen LogP contribution >= 0.6 is 0 Å². The lowest BCUT2D eigenvalue weighted by Crippen LogP contribution is -2.48. The van der Waals surface area contributed by atoms with Gasteiger partial charge in [0, 0.05) is 32.3 Å². The second-order valence-electron chi connectivity index (χ2n) is 4.56. The van der Waals surface area contributed by atoms with E-state index in [0.717, 1.165) is 38.9 Å². The van der Waals surface area contributed by atoms with Gasteiger partial charge in [0.05, 0.1) is 0 Å². The number of nitrogens with one attached hydrogen (secondary N) is 1. The molecule has 1 rings (SSSR count). The van der Waals surface area contributed by atoms with E-state index in [4.69, 9.17) is 10.2 Å². The highest BCUT2D eigenvalue weighted by atomic mass is 16.3. The number of hydrogen-bond donors (Lipinski definition) is 3. The van der Waals surface area contributed by atoms with Crippen LogP contribution in [0.1, 0.15) is 19.3 Å². The summed E-state index contributed by atoms with van der Waals surface area (Å²) in [6.07, 6.45) is 2.88. The Bertz CT molecular complexity index is 167. The van der Waals surface area contributed by atoms with E-state index >= 15 is 0 Å². The van der Waals surface area contributed by atoms with Crippen molar-refractivity contribution in [1.82, 2.24) is 10.2 Å². The van der Waals surface area contributed by atoms with Crippen molar-refractivity contribution in [2.45, 2.75) is 25.3 Å². The van der Waals surface area contributed by atoms with Gasteiger partial charge in [-0.3, -0.25) is 0 Å². The molecule has 1 aliphatic heterocycles. The van der Waals surface area contributed by atoms with Gasteiger partial charge in [0.1, 0.15) is 0 Å². The summed E-state index contributed by atoms with van der Waals surface area (Å²) in [5.41, 5.74) is 0. The summed E-state index contributed by atoms with van der Waals surface area (Å²) in [6.45, 7) is 3.62. The first-order chi connectivity index (χ1) is 7.26. The minimum Gasteiger partial charge on any atom is -0.396 e. The summed E-state index contributed by atoms with van der Waals surface area (Å²) >= 11 is 0. The fraction of sp³-hybridized carbons (Fsp3) is 1.00. The Morgan fingerprint density at radius 1 is 1.27 bits per heavy atom. The van der Waals surface area contributed by atoms with Crippen LogP contribution in [0.3, 0.4) is 0 Å². The topological polar surface area (TPSA) is 55.7 Å². The van der Waals surface area contributed by atoms with Gasteiger partial charge in [-0.15, -0.1) is 0 Å². The van der Waals surface area contributed by atoms with Crippen molar-refractivity contribution in [2.24, 2.45) is 5.92 Å². The van der Waals surface area contributed by atoms with E-state index in [2.05, 4.69) is 17.3 Å². The number of rotatable bonds is 6. The second-order valence-corrected chi connectivity index (χ2v) is 4.56. The van der Waals surface area contributed by atoms with Crippen LogP contribution in [0.15, 0.2) is 0 Å². The molecule has 0 radical (unpaired) electrons. The Kier molecular flexibility index (Phi) is 6.17. The van der Waals surface area contributed by atoms with Crippen LogP contribution in [0.2, 0.25) is 0 Å². The van der Waals surface area contributed by atoms with Gasteiger partial charge in [0.25, 0.3) is 0 Å². The van der Waals surface area contributed by atoms with E-state index in [1.807, 2.05) is 0 Å². The fourth-order valence-electron chi connectivity index (χ4n) is 2.37. The fourth-order valence-corrected chi connectivity index (χ4v) is 2.37. The zero-order chi connectivity index (χ0) is 11.1. The molecule has 2 unspecified atom stereocenters. The van der Waals surface area contributed by atoms with Crippen LogP contribution in [-0.2, 0) is 0 Å². The highest BCUT2D eigenvalue weighted by Crippen LogP contribution is 2.18. The maximum Gasteiger partial charge on any atom is 0.0443 e. The molecule has 0 aromatic heterocycles. The van der Waals surface area contributed by atoms with Gasteiger partial charge >= 0.3 is 0 Å². The van der Waals surface area contributed by atoms with Gasteiger partial charge in [-0.25, -0.2) is 0 Å². The van der Waals surface area contributed by atoms with Crippen molar-refractivity contribution in [2.75, 3.05) is 39.9 Å². The van der Waals surface area contributed by atoms with E-state index in [1.54, 1.807) is 0 Å². The van der Waals surface area contributed by atoms with Crippen LogP contribution in [0.25, 0.3) is 0 Å². The molecule has 0 bridgehead atoms. The molecule has 1 saturated heterocycles. The van der Waals surface area contributed by atoms with Gasteiger partial charge < -0.3 is 20.4 Å². The predicted octanol–water partition coefficient (Wildman–Crippen LogP) is -0.339. The van der Waals surface area contributed by atoms with Crippen molar-refractivity contribution in [3.05, 3.63) is 0 Å². The average Bonchev–Trinajstić information content (AvgIpc) is 2.18. The van der Waals surface area contributed by atoms with Crippen molar-refractivity contribution in [1.29, 1.82) is 0 Å². The zero-order valence-electron chi connectivity index (χ0n) is 9.65. The molecule has 0 aromatic rings. The Labute approximate surface area is 92.3 Å². The lowest BCUT2D eigenvalue weighted by molar-refractivity contribution is 0.141. The minimum atomic E-state index is 0.260. The number of hydrogen-bond acceptors (Lipinski definition) is 4. The maximum atomic E-state index is 8.93. The van der Waals surface area contributed by atoms with Crippen LogP contribution in [0.5, 0.6) is 0 Å². The highest BCUT2D eigenvalue weighted by molar-refractivity contribution is 4.81. The Morgan fingerprint density at radius 3 is 2.73 bits per heavy atom. The number of nitrogens with zero attached hydrogens (tertiary/aromatic N) is 1. The Balaban J connectivity index is 2.24. The first kappa shape index (κ1) is 12.9. The molecule has 90 valence electrons. The molecule has 3 N–H and O–H groups in total. The summed E-state index contributed by atoms with van der Waals surface area (Å²) in [5, 5.41) is 21.1. The smallest absolute Gasteiger partial charge is 0.0443 e. The third-order valence-corrected chi connectivity index (χ3v) is 3.03. The maximum absolute atomic E-state index is 8.93. The van der Waals surface area contributed by atoms with Gasteiger partial charge in [0.15, 0.2) is 0 Å². The first-order valence-corrected chi connectivity index (χ1v) is 5.90. The van der Waals surface area contributed by atoms with Crippen LogP contribution in [0, 0.1) is 5.92 Å². The molecule has 4 heteroatoms. The van der Waals surface area contributed by atoms with Crippen LogP contribution in [-0.4, -0.2) is 61.1 Å². The molecular weight excluding hydrogens is 192 g/mol. The summed E-state index contributed by atoms with van der Waals surface area (Å²) in [6, 6.07) is 0.520. The van der Waals surface area contributed by atoms with Crippen LogP contribution < -0.4 is 5.32 Å². The summed E-state index contributed by atoms with van der Waals surface area (Å²) in [7, 11) is 2.13. The first-order valence-electron chi connectivity index (χ1n) is 5.90. The number of piperidine rings is 1. The normalized spacial score (nSPS) is 28.2. The number of likely N-dealkylation sites (N-methyl/N-ethyl adjacent to an activating group) is 1. The molecular formula is C11H24N2O2. The Morgan fingerprint density at radius 2 is 2.07 bits per heavy atom. The molecule has 15 heavy (non-hydrogen) atoms. The largest absolute Gasteiger partial charge is 0.396 e. The van der Waals surface area contributed by atoms with Crippen molar-refractivity contribution in [3.8, 4) is 0 Å². The van der Waals surface area contributed by atoms with E-state index in [1.165, 1.54) is 0 Å². The lowest BCUT2D eigenvalue weighted by Gasteiger charge is -2.36. The highest BCUT2D eigenvalue weighted by Gasteiger charge is 2.24. The number of aliphatic hydroxyl groups excluding tert-OH is 2. The quantitative estimate of drug-likeness (QED) is 0.532. The van der Waals surface area contributed by atoms with E-state index in [0.29, 0.717) is 18.6 Å². The molecule has 0 spiro atoms. The molecule has 1 heterocycles. The molecule has 0 saturated carbocycles. The molecule has 0 aliphatic carbocycles. The van der Waals surface area contributed by atoms with Crippen LogP contribution in [0.4, 0.5) is 0 Å². The number of aliphatic hydroxyl groups is 2. The summed E-state index contributed by atoms with van der Waals surface area (Å²) < 4.78 is 0. The monoisotopic (exact) mass is 216 g/mol. The molecule has 4 nitrogen and oxygen atoms in total. The van der Waals surface area contributed by atoms with E-state index in [9.17, 15) is 0 Å². The summed E-state index contributed by atoms with van der Waals surface area (Å²) in [4.78, 5) is 2.32. The van der Waals surface area contributed by atoms with Crippen molar-refractivity contribution in [3.63, 3.8) is 0 Å². The average molecular weight is 216 g/mol. The molecule has 1 aliphatic rings. The molecule has 0 aromatic carbocycles. The SMILES string of the molecule is CN1CC(CCO)CC(NCCCO)C1. The van der Waals surface area contributed by atoms with Gasteiger partial charge in [0.2, 0.25) is 0 Å². The number of likely N-dealkylation sites (tertiary alicyclic amines) is 1. The molecule has 2 atom stereocenters. The summed E-state index contributed by atoms with van der Waals surface area (Å²) in [5.74, 6) is 0.611. The Hall–Kier alpha value is -0.160. The zero-order valence-corrected chi connectivity index (χ0v) is 9.65. The third kappa shape index (κ3) is 4.93. The predicted molar refractivity (Wildman–Crippen MR) is 60.8 cm³/mol. The van der Waals surface area contributed by atoms with Crippen molar-refractivity contribution >= 4 is 0 Å². The van der Waals surface area contributed by atoms with E-state index in [-0.39, 0.29) is 6.61 Å². The van der Waals surface area contributed by atoms with Gasteiger partial charge in [-0.05, 0) is 38.8 Å². The van der Waals surface area contributed by atoms with E-state index < -0.39 is 0 Å². The lowest BCUT2D eigenvalue weighted by atomic mass is 9.92. The standard InChI is InChI=1S/C11H24N2O2/c1-13-8-10(3-6-15)7-11(9-13)12-4-2-5-14/h10-12,14-15H,2-9H2,1H3. The van der Waals surface area contributed by atoms with Gasteiger partial charge in [-0.1, -0.05) is 0 Å². The van der Waals surface area contributed by atoms with Crippen molar-refractivity contribution < 1.29 is 10.2 Å². The molecule has 1 fully saturated rings. The second kappa shape index (κ2) is 7.17. The third-order valence-electron chi connectivity index (χ3n) is 3.03. The molecule has 0 amide bonds. The van der Waals surface area contributed by atoms with Gasteiger partial charge in [-0.2, -0.15) is 0 Å².